The lowest BCUT2D eigenvalue weighted by Crippen LogP contribution is -2.59. The van der Waals surface area contributed by atoms with Crippen LogP contribution in [0.2, 0.25) is 0 Å². The van der Waals surface area contributed by atoms with E-state index >= 15 is 0 Å². The van der Waals surface area contributed by atoms with Gasteiger partial charge in [-0.25, -0.2) is 4.98 Å². The molecule has 36 heavy (non-hydrogen) atoms. The lowest BCUT2D eigenvalue weighted by molar-refractivity contribution is -0.0240. The Morgan fingerprint density at radius 3 is 2.50 bits per heavy atom. The van der Waals surface area contributed by atoms with Crippen molar-refractivity contribution in [3.8, 4) is 0 Å². The molecule has 3 aromatic heterocycles. The summed E-state index contributed by atoms with van der Waals surface area (Å²) in [5.41, 5.74) is 5.56. The number of fused-ring (bicyclic) bond motifs is 1. The number of hydrogen-bond donors (Lipinski definition) is 1. The van der Waals surface area contributed by atoms with Crippen LogP contribution in [-0.4, -0.2) is 63.1 Å². The maximum atomic E-state index is 11.6. The van der Waals surface area contributed by atoms with Crippen molar-refractivity contribution in [1.29, 1.82) is 0 Å². The molecule has 0 atom stereocenters. The van der Waals surface area contributed by atoms with Crippen LogP contribution >= 0.6 is 0 Å². The number of ketones is 1. The first-order valence-electron chi connectivity index (χ1n) is 12.6. The second-order valence-corrected chi connectivity index (χ2v) is 10.3. The highest BCUT2D eigenvalue weighted by molar-refractivity contribution is 5.96. The molecule has 2 fully saturated rings. The van der Waals surface area contributed by atoms with Crippen LogP contribution in [-0.2, 0) is 13.1 Å². The predicted molar refractivity (Wildman–Crippen MR) is 140 cm³/mol. The van der Waals surface area contributed by atoms with Gasteiger partial charge >= 0.3 is 0 Å². The van der Waals surface area contributed by atoms with Gasteiger partial charge in [-0.1, -0.05) is 30.3 Å². The van der Waals surface area contributed by atoms with Crippen LogP contribution in [0.25, 0.3) is 11.0 Å². The Morgan fingerprint density at radius 1 is 0.972 bits per heavy atom. The Hall–Kier alpha value is -3.55. The summed E-state index contributed by atoms with van der Waals surface area (Å²) in [6, 6.07) is 16.0. The average Bonchev–Trinajstić information content (AvgIpc) is 3.30. The number of anilines is 1. The number of likely N-dealkylation sites (tertiary alicyclic amines) is 1. The molecule has 6 rings (SSSR count). The molecule has 7 nitrogen and oxygen atoms in total. The number of aliphatic hydroxyl groups is 1. The maximum Gasteiger partial charge on any atom is 0.188 e. The van der Waals surface area contributed by atoms with Crippen molar-refractivity contribution in [2.75, 3.05) is 37.7 Å². The van der Waals surface area contributed by atoms with E-state index < -0.39 is 6.61 Å². The molecule has 7 heteroatoms. The van der Waals surface area contributed by atoms with Gasteiger partial charge in [0.15, 0.2) is 5.78 Å². The zero-order valence-corrected chi connectivity index (χ0v) is 20.4. The minimum Gasteiger partial charge on any atom is -0.388 e. The van der Waals surface area contributed by atoms with Crippen molar-refractivity contribution in [1.82, 2.24) is 19.4 Å². The molecule has 0 amide bonds. The van der Waals surface area contributed by atoms with E-state index in [1.165, 1.54) is 37.2 Å². The number of rotatable bonds is 7. The number of piperidine rings is 1. The molecular weight excluding hydrogens is 450 g/mol. The molecule has 1 spiro atoms. The number of nitrogens with zero attached hydrogens (tertiary/aromatic N) is 5. The van der Waals surface area contributed by atoms with Gasteiger partial charge < -0.3 is 14.6 Å². The van der Waals surface area contributed by atoms with Crippen molar-refractivity contribution in [2.45, 2.75) is 25.9 Å². The number of aromatic nitrogens is 3. The van der Waals surface area contributed by atoms with E-state index in [4.69, 9.17) is 10.1 Å². The maximum absolute atomic E-state index is 11.6. The molecule has 4 aromatic rings. The smallest absolute Gasteiger partial charge is 0.188 e. The minimum atomic E-state index is -0.462. The van der Waals surface area contributed by atoms with Crippen molar-refractivity contribution >= 4 is 22.5 Å². The zero-order chi connectivity index (χ0) is 24.5. The van der Waals surface area contributed by atoms with Gasteiger partial charge in [-0.2, -0.15) is 0 Å². The number of aliphatic hydroxyl groups excluding tert-OH is 1. The van der Waals surface area contributed by atoms with E-state index in [2.05, 4.69) is 43.7 Å². The van der Waals surface area contributed by atoms with Crippen LogP contribution in [0.15, 0.2) is 73.3 Å². The molecule has 1 aromatic carbocycles. The van der Waals surface area contributed by atoms with Crippen molar-refractivity contribution in [3.63, 3.8) is 0 Å². The van der Waals surface area contributed by atoms with E-state index in [0.29, 0.717) is 17.5 Å². The van der Waals surface area contributed by atoms with Gasteiger partial charge in [0.25, 0.3) is 0 Å². The summed E-state index contributed by atoms with van der Waals surface area (Å²) in [5, 5.41) is 10.2. The van der Waals surface area contributed by atoms with E-state index in [1.54, 1.807) is 12.1 Å². The molecular formula is C29H31N5O2. The predicted octanol–water partition coefficient (Wildman–Crippen LogP) is 3.76. The van der Waals surface area contributed by atoms with Crippen LogP contribution in [0.5, 0.6) is 0 Å². The van der Waals surface area contributed by atoms with Crippen LogP contribution in [0.3, 0.4) is 0 Å². The first-order chi connectivity index (χ1) is 17.6. The Morgan fingerprint density at radius 2 is 1.78 bits per heavy atom. The van der Waals surface area contributed by atoms with E-state index in [9.17, 15) is 4.79 Å². The summed E-state index contributed by atoms with van der Waals surface area (Å²) in [5.74, 6) is -0.259. The van der Waals surface area contributed by atoms with Gasteiger partial charge in [0.2, 0.25) is 0 Å². The summed E-state index contributed by atoms with van der Waals surface area (Å²) in [6.45, 7) is 5.75. The molecule has 2 aliphatic heterocycles. The normalized spacial score (nSPS) is 17.4. The van der Waals surface area contributed by atoms with Gasteiger partial charge in [0, 0.05) is 68.8 Å². The molecule has 184 valence electrons. The van der Waals surface area contributed by atoms with Gasteiger partial charge in [-0.15, -0.1) is 0 Å². The summed E-state index contributed by atoms with van der Waals surface area (Å²) in [6.07, 6.45) is 10.3. The molecule has 0 radical (unpaired) electrons. The first-order valence-corrected chi connectivity index (χ1v) is 12.6. The zero-order valence-electron chi connectivity index (χ0n) is 20.4. The second kappa shape index (κ2) is 9.48. The Bertz CT molecular complexity index is 1350. The minimum absolute atomic E-state index is 0.259. The van der Waals surface area contributed by atoms with Crippen LogP contribution in [0, 0.1) is 5.41 Å². The Balaban J connectivity index is 1.07. The molecule has 0 aliphatic carbocycles. The molecule has 5 heterocycles. The molecule has 2 saturated heterocycles. The second-order valence-electron chi connectivity index (χ2n) is 10.3. The van der Waals surface area contributed by atoms with Gasteiger partial charge in [-0.3, -0.25) is 14.7 Å². The highest BCUT2D eigenvalue weighted by Crippen LogP contribution is 2.42. The molecule has 0 unspecified atom stereocenters. The number of pyridine rings is 2. The molecule has 0 bridgehead atoms. The topological polar surface area (TPSA) is 74.5 Å². The fraction of sp³-hybridized carbons (Fsp3) is 0.345. The quantitative estimate of drug-likeness (QED) is 0.405. The van der Waals surface area contributed by atoms with Crippen molar-refractivity contribution in [3.05, 3.63) is 90.0 Å². The Kier molecular flexibility index (Phi) is 6.03. The summed E-state index contributed by atoms with van der Waals surface area (Å²) >= 11 is 0. The third-order valence-electron chi connectivity index (χ3n) is 7.80. The third-order valence-corrected chi connectivity index (χ3v) is 7.80. The van der Waals surface area contributed by atoms with E-state index in [1.807, 2.05) is 36.8 Å². The lowest BCUT2D eigenvalue weighted by Gasteiger charge is -2.54. The molecule has 1 N–H and O–H groups in total. The number of carbonyl (C=O) groups is 1. The van der Waals surface area contributed by atoms with Gasteiger partial charge in [0.1, 0.15) is 12.3 Å². The Labute approximate surface area is 211 Å². The standard InChI is InChI=1S/C29H31N5O2/c35-19-27(36)24-5-3-22(4-6-24)18-34-11-7-25-14-26(16-31-28(25)34)33-12-8-29(9-13-33)20-32(21-29)17-23-2-1-10-30-15-23/h1-7,10-11,14-16,35H,8-9,12-13,17-21H2. The van der Waals surface area contributed by atoms with E-state index in [0.717, 1.165) is 36.2 Å². The summed E-state index contributed by atoms with van der Waals surface area (Å²) in [7, 11) is 0. The number of carbonyl (C=O) groups excluding carboxylic acids is 1. The van der Waals surface area contributed by atoms with Gasteiger partial charge in [-0.05, 0) is 47.6 Å². The fourth-order valence-electron chi connectivity index (χ4n) is 5.77. The highest BCUT2D eigenvalue weighted by Gasteiger charge is 2.44. The first kappa shape index (κ1) is 22.9. The molecule has 0 saturated carbocycles. The molecule has 2 aliphatic rings. The van der Waals surface area contributed by atoms with Crippen molar-refractivity contribution in [2.24, 2.45) is 5.41 Å². The van der Waals surface area contributed by atoms with Crippen LogP contribution < -0.4 is 4.90 Å². The third kappa shape index (κ3) is 4.52. The van der Waals surface area contributed by atoms with Crippen molar-refractivity contribution < 1.29 is 9.90 Å². The number of Topliss-reactive ketones (excluding diaryl/α,β-unsaturated/α-hetero) is 1. The van der Waals surface area contributed by atoms with Crippen LogP contribution in [0.4, 0.5) is 5.69 Å². The summed E-state index contributed by atoms with van der Waals surface area (Å²) < 4.78 is 2.14. The lowest BCUT2D eigenvalue weighted by atomic mass is 9.72. The highest BCUT2D eigenvalue weighted by atomic mass is 16.3. The number of benzene rings is 1. The number of hydrogen-bond acceptors (Lipinski definition) is 6. The summed E-state index contributed by atoms with van der Waals surface area (Å²) in [4.78, 5) is 25.7. The monoisotopic (exact) mass is 481 g/mol. The van der Waals surface area contributed by atoms with Crippen LogP contribution in [0.1, 0.15) is 34.3 Å². The van der Waals surface area contributed by atoms with Gasteiger partial charge in [0.05, 0.1) is 11.9 Å². The SMILES string of the molecule is O=C(CO)c1ccc(Cn2ccc3cc(N4CCC5(CC4)CN(Cc4cccnc4)C5)cnc32)cc1. The van der Waals surface area contributed by atoms with E-state index in [-0.39, 0.29) is 5.78 Å². The fourth-order valence-corrected chi connectivity index (χ4v) is 5.77. The largest absolute Gasteiger partial charge is 0.388 e. The average molecular weight is 482 g/mol.